The van der Waals surface area contributed by atoms with E-state index in [0.29, 0.717) is 6.07 Å². The molecule has 0 aliphatic rings. The lowest BCUT2D eigenvalue weighted by molar-refractivity contribution is -0.0120. The van der Waals surface area contributed by atoms with E-state index < -0.39 is 32.2 Å². The van der Waals surface area contributed by atoms with Gasteiger partial charge in [0, 0.05) is 13.7 Å². The number of hydrogen-bond acceptors (Lipinski definition) is 4. The number of benzene rings is 1. The molecule has 2 N–H and O–H groups in total. The molecule has 0 amide bonds. The van der Waals surface area contributed by atoms with Gasteiger partial charge in [0.05, 0.1) is 12.2 Å². The number of ether oxygens (including phenoxy) is 1. The Bertz CT molecular complexity index is 546. The van der Waals surface area contributed by atoms with E-state index in [0.717, 1.165) is 12.1 Å². The zero-order chi connectivity index (χ0) is 14.7. The summed E-state index contributed by atoms with van der Waals surface area (Å²) in [5.74, 6) is -1.94. The maximum atomic E-state index is 13.4. The number of nitrogens with one attached hydrogen (secondary N) is 1. The van der Waals surface area contributed by atoms with Crippen LogP contribution in [0.2, 0.25) is 0 Å². The highest BCUT2D eigenvalue weighted by molar-refractivity contribution is 7.89. The standard InChI is InChI=1S/C11H15F2NO4S/c1-11(15,7-18-2)6-14-19(16,17)10-5-8(12)3-4-9(10)13/h3-5,14-15H,6-7H2,1-2H3. The molecule has 0 aliphatic heterocycles. The van der Waals surface area contributed by atoms with Gasteiger partial charge in [-0.25, -0.2) is 21.9 Å². The van der Waals surface area contributed by atoms with Crippen molar-refractivity contribution in [3.8, 4) is 0 Å². The van der Waals surface area contributed by atoms with E-state index in [1.54, 1.807) is 0 Å². The largest absolute Gasteiger partial charge is 0.386 e. The molecule has 0 aliphatic carbocycles. The Morgan fingerprint density at radius 1 is 1.42 bits per heavy atom. The Hall–Kier alpha value is -1.09. The molecule has 0 heterocycles. The van der Waals surface area contributed by atoms with Crippen molar-refractivity contribution in [3.05, 3.63) is 29.8 Å². The summed E-state index contributed by atoms with van der Waals surface area (Å²) in [7, 11) is -2.90. The minimum Gasteiger partial charge on any atom is -0.386 e. The van der Waals surface area contributed by atoms with Crippen LogP contribution in [-0.4, -0.2) is 39.4 Å². The Morgan fingerprint density at radius 3 is 2.63 bits per heavy atom. The van der Waals surface area contributed by atoms with Crippen LogP contribution in [0.25, 0.3) is 0 Å². The van der Waals surface area contributed by atoms with Crippen molar-refractivity contribution in [2.75, 3.05) is 20.3 Å². The summed E-state index contributed by atoms with van der Waals surface area (Å²) in [4.78, 5) is -0.805. The SMILES string of the molecule is COCC(C)(O)CNS(=O)(=O)c1cc(F)ccc1F. The molecule has 0 fully saturated rings. The molecule has 19 heavy (non-hydrogen) atoms. The lowest BCUT2D eigenvalue weighted by Gasteiger charge is -2.22. The average molecular weight is 295 g/mol. The molecular weight excluding hydrogens is 280 g/mol. The minimum atomic E-state index is -4.25. The number of hydrogen-bond donors (Lipinski definition) is 2. The summed E-state index contributed by atoms with van der Waals surface area (Å²) >= 11 is 0. The van der Waals surface area contributed by atoms with Gasteiger partial charge in [-0.15, -0.1) is 0 Å². The molecule has 8 heteroatoms. The molecule has 0 spiro atoms. The second-order valence-electron chi connectivity index (χ2n) is 4.33. The number of rotatable bonds is 6. The predicted octanol–water partition coefficient (Wildman–Crippen LogP) is 0.640. The van der Waals surface area contributed by atoms with Gasteiger partial charge in [-0.3, -0.25) is 0 Å². The highest BCUT2D eigenvalue weighted by atomic mass is 32.2. The van der Waals surface area contributed by atoms with Gasteiger partial charge >= 0.3 is 0 Å². The smallest absolute Gasteiger partial charge is 0.243 e. The van der Waals surface area contributed by atoms with Crippen molar-refractivity contribution in [2.24, 2.45) is 0 Å². The van der Waals surface area contributed by atoms with Gasteiger partial charge in [0.25, 0.3) is 0 Å². The molecule has 1 atom stereocenters. The Labute approximate surface area is 110 Å². The van der Waals surface area contributed by atoms with Crippen molar-refractivity contribution in [1.82, 2.24) is 4.72 Å². The molecule has 0 saturated carbocycles. The molecule has 0 saturated heterocycles. The van der Waals surface area contributed by atoms with Crippen LogP contribution in [0.3, 0.4) is 0 Å². The quantitative estimate of drug-likeness (QED) is 0.807. The van der Waals surface area contributed by atoms with Crippen LogP contribution in [0.1, 0.15) is 6.92 Å². The average Bonchev–Trinajstić information content (AvgIpc) is 2.30. The highest BCUT2D eigenvalue weighted by Crippen LogP contribution is 2.16. The first-order valence-electron chi connectivity index (χ1n) is 5.34. The van der Waals surface area contributed by atoms with E-state index in [-0.39, 0.29) is 13.2 Å². The minimum absolute atomic E-state index is 0.110. The topological polar surface area (TPSA) is 75.6 Å². The first kappa shape index (κ1) is 16.0. The fourth-order valence-electron chi connectivity index (χ4n) is 1.37. The van der Waals surface area contributed by atoms with E-state index in [1.165, 1.54) is 14.0 Å². The third kappa shape index (κ3) is 4.50. The molecule has 0 bridgehead atoms. The Kier molecular flexibility index (Phi) is 4.97. The monoisotopic (exact) mass is 295 g/mol. The molecule has 5 nitrogen and oxygen atoms in total. The van der Waals surface area contributed by atoms with Crippen LogP contribution >= 0.6 is 0 Å². The molecule has 1 aromatic carbocycles. The normalized spacial score (nSPS) is 15.2. The molecule has 108 valence electrons. The van der Waals surface area contributed by atoms with Gasteiger partial charge in [-0.1, -0.05) is 0 Å². The Morgan fingerprint density at radius 2 is 2.05 bits per heavy atom. The van der Waals surface area contributed by atoms with Crippen LogP contribution in [0.4, 0.5) is 8.78 Å². The number of halogens is 2. The molecule has 1 unspecified atom stereocenters. The van der Waals surface area contributed by atoms with E-state index in [9.17, 15) is 22.3 Å². The highest BCUT2D eigenvalue weighted by Gasteiger charge is 2.26. The van der Waals surface area contributed by atoms with Crippen LogP contribution in [0, 0.1) is 11.6 Å². The van der Waals surface area contributed by atoms with Crippen molar-refractivity contribution >= 4 is 10.0 Å². The fraction of sp³-hybridized carbons (Fsp3) is 0.455. The fourth-order valence-corrected chi connectivity index (χ4v) is 2.62. The first-order valence-corrected chi connectivity index (χ1v) is 6.82. The van der Waals surface area contributed by atoms with Gasteiger partial charge in [0.2, 0.25) is 10.0 Å². The first-order chi connectivity index (χ1) is 8.68. The third-order valence-electron chi connectivity index (χ3n) is 2.28. The van der Waals surface area contributed by atoms with E-state index in [1.807, 2.05) is 4.72 Å². The van der Waals surface area contributed by atoms with Crippen LogP contribution in [0.15, 0.2) is 23.1 Å². The second-order valence-corrected chi connectivity index (χ2v) is 6.06. The van der Waals surface area contributed by atoms with Crippen LogP contribution in [0.5, 0.6) is 0 Å². The van der Waals surface area contributed by atoms with Gasteiger partial charge in [-0.2, -0.15) is 0 Å². The van der Waals surface area contributed by atoms with Crippen molar-refractivity contribution in [3.63, 3.8) is 0 Å². The van der Waals surface area contributed by atoms with Crippen LogP contribution in [-0.2, 0) is 14.8 Å². The lowest BCUT2D eigenvalue weighted by atomic mass is 10.1. The third-order valence-corrected chi connectivity index (χ3v) is 3.70. The van der Waals surface area contributed by atoms with Crippen molar-refractivity contribution < 1.29 is 27.0 Å². The van der Waals surface area contributed by atoms with Crippen molar-refractivity contribution in [2.45, 2.75) is 17.4 Å². The summed E-state index contributed by atoms with van der Waals surface area (Å²) in [6, 6.07) is 2.11. The number of methoxy groups -OCH3 is 1. The maximum absolute atomic E-state index is 13.4. The predicted molar refractivity (Wildman–Crippen MR) is 64.0 cm³/mol. The van der Waals surface area contributed by atoms with E-state index in [2.05, 4.69) is 0 Å². The lowest BCUT2D eigenvalue weighted by Crippen LogP contribution is -2.43. The zero-order valence-electron chi connectivity index (χ0n) is 10.5. The van der Waals surface area contributed by atoms with Gasteiger partial charge in [-0.05, 0) is 25.1 Å². The number of aliphatic hydroxyl groups is 1. The summed E-state index contributed by atoms with van der Waals surface area (Å²) in [6.07, 6.45) is 0. The number of sulfonamides is 1. The zero-order valence-corrected chi connectivity index (χ0v) is 11.3. The summed E-state index contributed by atoms with van der Waals surface area (Å²) < 4.78 is 56.6. The van der Waals surface area contributed by atoms with Gasteiger partial charge in [0.1, 0.15) is 16.5 Å². The van der Waals surface area contributed by atoms with E-state index in [4.69, 9.17) is 4.74 Å². The van der Waals surface area contributed by atoms with Gasteiger partial charge < -0.3 is 9.84 Å². The molecular formula is C11H15F2NO4S. The second kappa shape index (κ2) is 5.91. The molecule has 1 rings (SSSR count). The molecule has 1 aromatic rings. The van der Waals surface area contributed by atoms with E-state index >= 15 is 0 Å². The molecule has 0 radical (unpaired) electrons. The maximum Gasteiger partial charge on any atom is 0.243 e. The van der Waals surface area contributed by atoms with Gasteiger partial charge in [0.15, 0.2) is 0 Å². The van der Waals surface area contributed by atoms with Crippen LogP contribution < -0.4 is 4.72 Å². The summed E-state index contributed by atoms with van der Waals surface area (Å²) in [5, 5.41) is 9.73. The summed E-state index contributed by atoms with van der Waals surface area (Å²) in [5.41, 5.74) is -1.45. The molecule has 0 aromatic heterocycles. The summed E-state index contributed by atoms with van der Waals surface area (Å²) in [6.45, 7) is 0.848. The Balaban J connectivity index is 2.90. The van der Waals surface area contributed by atoms with Crippen molar-refractivity contribution in [1.29, 1.82) is 0 Å².